The highest BCUT2D eigenvalue weighted by atomic mass is 32.2. The molecule has 158 valence electrons. The minimum Gasteiger partial charge on any atom is -0.367 e. The summed E-state index contributed by atoms with van der Waals surface area (Å²) in [7, 11) is -3.78. The Labute approximate surface area is 179 Å². The van der Waals surface area contributed by atoms with E-state index in [-0.39, 0.29) is 4.90 Å². The zero-order chi connectivity index (χ0) is 21.4. The fourth-order valence-electron chi connectivity index (χ4n) is 3.85. The Morgan fingerprint density at radius 3 is 2.19 bits per heavy atom. The Morgan fingerprint density at radius 1 is 0.774 bits per heavy atom. The quantitative estimate of drug-likeness (QED) is 0.520. The van der Waals surface area contributed by atoms with Crippen LogP contribution in [0.4, 0.5) is 11.5 Å². The molecule has 0 aliphatic carbocycles. The molecule has 2 aromatic heterocycles. The van der Waals surface area contributed by atoms with Crippen LogP contribution in [0.15, 0.2) is 71.6 Å². The fraction of sp³-hybridized carbons (Fsp3) is 0.190. The number of primary sulfonamides is 1. The first-order valence-electron chi connectivity index (χ1n) is 9.90. The SMILES string of the molecule is NS(=O)(=O)c1ccccc1N1CCN(c2ccc3nnc(-c4ccccc4)n3n2)CC1. The maximum absolute atomic E-state index is 11.9. The molecule has 1 aliphatic rings. The van der Waals surface area contributed by atoms with E-state index >= 15 is 0 Å². The van der Waals surface area contributed by atoms with Gasteiger partial charge < -0.3 is 9.80 Å². The molecule has 0 bridgehead atoms. The van der Waals surface area contributed by atoms with Crippen molar-refractivity contribution in [3.05, 3.63) is 66.7 Å². The van der Waals surface area contributed by atoms with Crippen LogP contribution in [-0.4, -0.2) is 54.4 Å². The third kappa shape index (κ3) is 3.71. The molecule has 0 saturated carbocycles. The predicted octanol–water partition coefficient (Wildman–Crippen LogP) is 1.77. The Kier molecular flexibility index (Phi) is 4.79. The largest absolute Gasteiger partial charge is 0.367 e. The zero-order valence-electron chi connectivity index (χ0n) is 16.7. The molecule has 3 heterocycles. The van der Waals surface area contributed by atoms with E-state index in [0.29, 0.717) is 43.3 Å². The molecule has 1 aliphatic heterocycles. The Hall–Kier alpha value is -3.50. The highest BCUT2D eigenvalue weighted by molar-refractivity contribution is 7.89. The lowest BCUT2D eigenvalue weighted by molar-refractivity contribution is 0.595. The lowest BCUT2D eigenvalue weighted by atomic mass is 10.2. The van der Waals surface area contributed by atoms with Crippen LogP contribution >= 0.6 is 0 Å². The van der Waals surface area contributed by atoms with Gasteiger partial charge in [-0.3, -0.25) is 0 Å². The fourth-order valence-corrected chi connectivity index (χ4v) is 4.61. The molecule has 0 atom stereocenters. The molecule has 0 spiro atoms. The molecule has 9 nitrogen and oxygen atoms in total. The number of benzene rings is 2. The summed E-state index contributed by atoms with van der Waals surface area (Å²) in [5.74, 6) is 1.52. The van der Waals surface area contributed by atoms with Crippen LogP contribution in [0.25, 0.3) is 17.0 Å². The Balaban J connectivity index is 1.39. The third-order valence-corrected chi connectivity index (χ3v) is 6.36. The molecule has 0 amide bonds. The number of hydrogen-bond donors (Lipinski definition) is 1. The van der Waals surface area contributed by atoms with Crippen molar-refractivity contribution >= 4 is 27.2 Å². The van der Waals surface area contributed by atoms with Crippen molar-refractivity contribution < 1.29 is 8.42 Å². The average molecular weight is 436 g/mol. The summed E-state index contributed by atoms with van der Waals surface area (Å²) >= 11 is 0. The van der Waals surface area contributed by atoms with E-state index in [1.54, 1.807) is 22.7 Å². The van der Waals surface area contributed by atoms with E-state index in [1.165, 1.54) is 0 Å². The van der Waals surface area contributed by atoms with Gasteiger partial charge in [0.2, 0.25) is 10.0 Å². The number of anilines is 2. The normalized spacial score (nSPS) is 14.9. The van der Waals surface area contributed by atoms with Crippen molar-refractivity contribution in [3.8, 4) is 11.4 Å². The number of sulfonamides is 1. The van der Waals surface area contributed by atoms with Gasteiger partial charge in [0.1, 0.15) is 10.7 Å². The second-order valence-corrected chi connectivity index (χ2v) is 8.87. The van der Waals surface area contributed by atoms with Gasteiger partial charge in [0.15, 0.2) is 11.5 Å². The molecule has 2 aromatic carbocycles. The minimum atomic E-state index is -3.78. The van der Waals surface area contributed by atoms with Crippen LogP contribution in [0, 0.1) is 0 Å². The van der Waals surface area contributed by atoms with Crippen molar-refractivity contribution in [2.24, 2.45) is 5.14 Å². The summed E-state index contributed by atoms with van der Waals surface area (Å²) in [6.45, 7) is 2.69. The molecule has 2 N–H and O–H groups in total. The van der Waals surface area contributed by atoms with Gasteiger partial charge >= 0.3 is 0 Å². The van der Waals surface area contributed by atoms with E-state index < -0.39 is 10.0 Å². The molecule has 5 rings (SSSR count). The number of nitrogens with zero attached hydrogens (tertiary/aromatic N) is 6. The van der Waals surface area contributed by atoms with Crippen molar-refractivity contribution in [3.63, 3.8) is 0 Å². The van der Waals surface area contributed by atoms with Crippen LogP contribution in [0.5, 0.6) is 0 Å². The van der Waals surface area contributed by atoms with Crippen molar-refractivity contribution in [2.75, 3.05) is 36.0 Å². The third-order valence-electron chi connectivity index (χ3n) is 5.40. The monoisotopic (exact) mass is 435 g/mol. The Bertz CT molecular complexity index is 1330. The van der Waals surface area contributed by atoms with Crippen LogP contribution in [-0.2, 0) is 10.0 Å². The number of aromatic nitrogens is 4. The zero-order valence-corrected chi connectivity index (χ0v) is 17.5. The molecule has 0 unspecified atom stereocenters. The summed E-state index contributed by atoms with van der Waals surface area (Å²) in [4.78, 5) is 4.37. The van der Waals surface area contributed by atoms with Gasteiger partial charge in [0.25, 0.3) is 0 Å². The summed E-state index contributed by atoms with van der Waals surface area (Å²) in [5, 5.41) is 18.7. The Morgan fingerprint density at radius 2 is 1.45 bits per heavy atom. The number of rotatable bonds is 4. The van der Waals surface area contributed by atoms with Gasteiger partial charge in [-0.2, -0.15) is 4.52 Å². The van der Waals surface area contributed by atoms with Crippen molar-refractivity contribution in [1.29, 1.82) is 0 Å². The van der Waals surface area contributed by atoms with Crippen LogP contribution in [0.3, 0.4) is 0 Å². The summed E-state index contributed by atoms with van der Waals surface area (Å²) < 4.78 is 25.6. The molecule has 1 fully saturated rings. The molecule has 31 heavy (non-hydrogen) atoms. The van der Waals surface area contributed by atoms with Gasteiger partial charge in [-0.25, -0.2) is 13.6 Å². The first-order chi connectivity index (χ1) is 15.0. The van der Waals surface area contributed by atoms with Crippen LogP contribution in [0.1, 0.15) is 0 Å². The average Bonchev–Trinajstić information content (AvgIpc) is 3.22. The van der Waals surface area contributed by atoms with Gasteiger partial charge in [0, 0.05) is 31.7 Å². The van der Waals surface area contributed by atoms with E-state index in [4.69, 9.17) is 10.2 Å². The van der Waals surface area contributed by atoms with E-state index in [0.717, 1.165) is 11.4 Å². The summed E-state index contributed by atoms with van der Waals surface area (Å²) in [6.07, 6.45) is 0. The van der Waals surface area contributed by atoms with E-state index in [1.807, 2.05) is 53.4 Å². The van der Waals surface area contributed by atoms with Gasteiger partial charge in [-0.05, 0) is 24.3 Å². The second-order valence-electron chi connectivity index (χ2n) is 7.34. The first-order valence-corrected chi connectivity index (χ1v) is 11.4. The first kappa shape index (κ1) is 19.5. The molecule has 0 radical (unpaired) electrons. The predicted molar refractivity (Wildman–Crippen MR) is 118 cm³/mol. The van der Waals surface area contributed by atoms with Gasteiger partial charge in [0.05, 0.1) is 5.69 Å². The van der Waals surface area contributed by atoms with Crippen LogP contribution < -0.4 is 14.9 Å². The molecular formula is C21H21N7O2S. The number of fused-ring (bicyclic) bond motifs is 1. The van der Waals surface area contributed by atoms with Crippen molar-refractivity contribution in [2.45, 2.75) is 4.90 Å². The minimum absolute atomic E-state index is 0.153. The maximum atomic E-state index is 11.9. The van der Waals surface area contributed by atoms with Gasteiger partial charge in [-0.1, -0.05) is 42.5 Å². The number of piperazine rings is 1. The summed E-state index contributed by atoms with van der Waals surface area (Å²) in [6, 6.07) is 20.5. The molecular weight excluding hydrogens is 414 g/mol. The number of nitrogens with two attached hydrogens (primary N) is 1. The standard InChI is InChI=1S/C21H21N7O2S/c22-31(29,30)18-9-5-4-8-17(18)26-12-14-27(15-13-26)20-11-10-19-23-24-21(28(19)25-20)16-6-2-1-3-7-16/h1-11H,12-15H2,(H2,22,29,30). The van der Waals surface area contributed by atoms with Crippen molar-refractivity contribution in [1.82, 2.24) is 19.8 Å². The number of para-hydroxylation sites is 1. The second kappa shape index (κ2) is 7.64. The lowest BCUT2D eigenvalue weighted by Gasteiger charge is -2.37. The topological polar surface area (TPSA) is 110 Å². The molecule has 1 saturated heterocycles. The number of hydrogen-bond acceptors (Lipinski definition) is 7. The maximum Gasteiger partial charge on any atom is 0.240 e. The highest BCUT2D eigenvalue weighted by Crippen LogP contribution is 2.26. The van der Waals surface area contributed by atoms with Gasteiger partial charge in [-0.15, -0.1) is 15.3 Å². The lowest BCUT2D eigenvalue weighted by Crippen LogP contribution is -2.47. The van der Waals surface area contributed by atoms with E-state index in [9.17, 15) is 8.42 Å². The molecule has 4 aromatic rings. The molecule has 10 heteroatoms. The smallest absolute Gasteiger partial charge is 0.240 e. The van der Waals surface area contributed by atoms with Crippen LogP contribution in [0.2, 0.25) is 0 Å². The summed E-state index contributed by atoms with van der Waals surface area (Å²) in [5.41, 5.74) is 2.27. The van der Waals surface area contributed by atoms with E-state index in [2.05, 4.69) is 15.1 Å². The highest BCUT2D eigenvalue weighted by Gasteiger charge is 2.23.